The number of piperidine rings is 2. The van der Waals surface area contributed by atoms with E-state index in [1.54, 1.807) is 0 Å². The van der Waals surface area contributed by atoms with Crippen LogP contribution in [-0.4, -0.2) is 49.3 Å². The number of unbranched alkanes of at least 4 members (excludes halogenated alkanes) is 9. The minimum absolute atomic E-state index is 0.0100. The largest absolute Gasteiger partial charge is 0.460 e. The van der Waals surface area contributed by atoms with E-state index in [0.29, 0.717) is 12.0 Å². The maximum Gasteiger partial charge on any atom is 0.323 e. The third kappa shape index (κ3) is 11.8. The van der Waals surface area contributed by atoms with E-state index in [0.717, 1.165) is 44.3 Å². The zero-order valence-electron chi connectivity index (χ0n) is 27.4. The van der Waals surface area contributed by atoms with Crippen LogP contribution in [-0.2, 0) is 6.42 Å². The molecule has 2 fully saturated rings. The summed E-state index contributed by atoms with van der Waals surface area (Å²) in [5.41, 5.74) is -0.0402. The highest BCUT2D eigenvalue weighted by atomic mass is 16.5. The summed E-state index contributed by atoms with van der Waals surface area (Å²) >= 11 is 0. The van der Waals surface area contributed by atoms with Gasteiger partial charge in [0.25, 0.3) is 0 Å². The lowest BCUT2D eigenvalue weighted by molar-refractivity contribution is 0.0409. The second kappa shape index (κ2) is 14.1. The highest BCUT2D eigenvalue weighted by Crippen LogP contribution is 2.33. The Labute approximate surface area is 245 Å². The van der Waals surface area contributed by atoms with E-state index in [4.69, 9.17) is 24.4 Å². The van der Waals surface area contributed by atoms with Crippen molar-refractivity contribution in [1.82, 2.24) is 25.6 Å². The van der Waals surface area contributed by atoms with Gasteiger partial charge in [-0.15, -0.1) is 4.98 Å². The van der Waals surface area contributed by atoms with E-state index in [1.165, 1.54) is 57.8 Å². The molecule has 0 bridgehead atoms. The highest BCUT2D eigenvalue weighted by Gasteiger charge is 2.40. The number of rotatable bonds is 15. The molecule has 3 heterocycles. The third-order valence-electron chi connectivity index (χ3n) is 8.24. The Bertz CT molecular complexity index is 824. The van der Waals surface area contributed by atoms with Crippen molar-refractivity contribution in [2.75, 3.05) is 0 Å². The Kier molecular flexibility index (Phi) is 11.7. The fraction of sp³-hybridized carbons (Fsp3) is 0.909. The third-order valence-corrected chi connectivity index (χ3v) is 8.24. The molecular weight excluding hydrogens is 498 g/mol. The zero-order chi connectivity index (χ0) is 29.4. The van der Waals surface area contributed by atoms with Crippen molar-refractivity contribution in [2.45, 2.75) is 193 Å². The molecule has 0 atom stereocenters. The van der Waals surface area contributed by atoms with E-state index in [9.17, 15) is 0 Å². The molecular formula is C33H61N5O2. The number of aromatic nitrogens is 3. The van der Waals surface area contributed by atoms with Gasteiger partial charge in [0.15, 0.2) is 0 Å². The van der Waals surface area contributed by atoms with Gasteiger partial charge in [0.1, 0.15) is 18.0 Å². The molecule has 7 nitrogen and oxygen atoms in total. The predicted molar refractivity (Wildman–Crippen MR) is 165 cm³/mol. The lowest BCUT2D eigenvalue weighted by Crippen LogP contribution is -2.60. The fourth-order valence-electron chi connectivity index (χ4n) is 7.29. The van der Waals surface area contributed by atoms with Crippen LogP contribution in [0.15, 0.2) is 0 Å². The van der Waals surface area contributed by atoms with Crippen LogP contribution in [0.2, 0.25) is 0 Å². The molecule has 0 aromatic carbocycles. The molecule has 2 N–H and O–H groups in total. The molecule has 0 unspecified atom stereocenters. The molecule has 2 saturated heterocycles. The lowest BCUT2D eigenvalue weighted by atomic mass is 9.81. The number of ether oxygens (including phenoxy) is 2. The standard InChI is InChI=1S/C33H61N5O2/c1-10-11-12-13-14-15-16-17-18-19-20-27-34-28(39-25-21-30(2,3)37-31(4,5)22-25)36-29(35-27)40-26-23-32(6,7)38-33(8,9)24-26/h25-26,37-38H,10-24H2,1-9H3. The first-order valence-corrected chi connectivity index (χ1v) is 16.3. The summed E-state index contributed by atoms with van der Waals surface area (Å²) in [6, 6.07) is 0.830. The van der Waals surface area contributed by atoms with E-state index < -0.39 is 0 Å². The van der Waals surface area contributed by atoms with Gasteiger partial charge in [-0.05, 0) is 61.8 Å². The molecule has 40 heavy (non-hydrogen) atoms. The van der Waals surface area contributed by atoms with Crippen LogP contribution in [0.5, 0.6) is 12.0 Å². The molecule has 0 saturated carbocycles. The molecule has 0 aliphatic carbocycles. The Hall–Kier alpha value is -1.47. The number of nitrogens with zero attached hydrogens (tertiary/aromatic N) is 3. The van der Waals surface area contributed by atoms with E-state index in [2.05, 4.69) is 72.9 Å². The number of aryl methyl sites for hydroxylation is 1. The van der Waals surface area contributed by atoms with Gasteiger partial charge >= 0.3 is 12.0 Å². The van der Waals surface area contributed by atoms with E-state index >= 15 is 0 Å². The van der Waals surface area contributed by atoms with Crippen molar-refractivity contribution in [3.8, 4) is 12.0 Å². The van der Waals surface area contributed by atoms with Crippen LogP contribution >= 0.6 is 0 Å². The lowest BCUT2D eigenvalue weighted by Gasteiger charge is -2.46. The number of hydrogen-bond acceptors (Lipinski definition) is 7. The van der Waals surface area contributed by atoms with Crippen molar-refractivity contribution >= 4 is 0 Å². The van der Waals surface area contributed by atoms with Crippen LogP contribution in [0.25, 0.3) is 0 Å². The van der Waals surface area contributed by atoms with Gasteiger partial charge in [-0.1, -0.05) is 64.7 Å². The molecule has 7 heteroatoms. The summed E-state index contributed by atoms with van der Waals surface area (Å²) in [6.07, 6.45) is 17.7. The quantitative estimate of drug-likeness (QED) is 0.213. The van der Waals surface area contributed by atoms with Gasteiger partial charge in [0.2, 0.25) is 0 Å². The van der Waals surface area contributed by atoms with Crippen LogP contribution < -0.4 is 20.1 Å². The van der Waals surface area contributed by atoms with Gasteiger partial charge in [0.05, 0.1) is 0 Å². The van der Waals surface area contributed by atoms with Crippen LogP contribution in [0, 0.1) is 0 Å². The molecule has 2 aliphatic rings. The van der Waals surface area contributed by atoms with Crippen LogP contribution in [0.1, 0.15) is 158 Å². The van der Waals surface area contributed by atoms with Crippen molar-refractivity contribution in [1.29, 1.82) is 0 Å². The summed E-state index contributed by atoms with van der Waals surface area (Å²) in [5, 5.41) is 7.48. The Morgan fingerprint density at radius 2 is 0.900 bits per heavy atom. The Balaban J connectivity index is 1.64. The molecule has 0 radical (unpaired) electrons. The number of hydrogen-bond donors (Lipinski definition) is 2. The summed E-state index contributed by atoms with van der Waals surface area (Å²) in [5.74, 6) is 0.791. The summed E-state index contributed by atoms with van der Waals surface area (Å²) in [6.45, 7) is 20.2. The second-order valence-electron chi connectivity index (χ2n) is 15.3. The highest BCUT2D eigenvalue weighted by molar-refractivity contribution is 5.09. The average Bonchev–Trinajstić information content (AvgIpc) is 2.76. The van der Waals surface area contributed by atoms with Crippen molar-refractivity contribution < 1.29 is 9.47 Å². The van der Waals surface area contributed by atoms with Gasteiger partial charge in [0, 0.05) is 54.3 Å². The topological polar surface area (TPSA) is 81.2 Å². The fourth-order valence-corrected chi connectivity index (χ4v) is 7.29. The molecule has 3 rings (SSSR count). The van der Waals surface area contributed by atoms with Crippen molar-refractivity contribution in [3.05, 3.63) is 5.82 Å². The van der Waals surface area contributed by atoms with Gasteiger partial charge in [-0.3, -0.25) is 0 Å². The summed E-state index contributed by atoms with van der Waals surface area (Å²) in [4.78, 5) is 14.3. The molecule has 0 amide bonds. The first kappa shape index (κ1) is 33.0. The minimum Gasteiger partial charge on any atom is -0.460 e. The monoisotopic (exact) mass is 559 g/mol. The minimum atomic E-state index is -0.0100. The summed E-state index contributed by atoms with van der Waals surface area (Å²) in [7, 11) is 0. The van der Waals surface area contributed by atoms with Crippen molar-refractivity contribution in [3.63, 3.8) is 0 Å². The molecule has 1 aromatic rings. The molecule has 0 spiro atoms. The number of nitrogens with one attached hydrogen (secondary N) is 2. The second-order valence-corrected chi connectivity index (χ2v) is 15.3. The maximum absolute atomic E-state index is 6.48. The normalized spacial score (nSPS) is 22.2. The molecule has 2 aliphatic heterocycles. The SMILES string of the molecule is CCCCCCCCCCCCc1nc(OC2CC(C)(C)NC(C)(C)C2)nc(OC2CC(C)(C)NC(C)(C)C2)n1. The Morgan fingerprint density at radius 1 is 0.550 bits per heavy atom. The van der Waals surface area contributed by atoms with Gasteiger partial charge in [-0.2, -0.15) is 9.97 Å². The summed E-state index contributed by atoms with van der Waals surface area (Å²) < 4.78 is 13.0. The molecule has 1 aromatic heterocycles. The van der Waals surface area contributed by atoms with E-state index in [-0.39, 0.29) is 34.4 Å². The first-order chi connectivity index (χ1) is 18.7. The van der Waals surface area contributed by atoms with Gasteiger partial charge < -0.3 is 20.1 Å². The zero-order valence-corrected chi connectivity index (χ0v) is 27.4. The van der Waals surface area contributed by atoms with Gasteiger partial charge in [-0.25, -0.2) is 0 Å². The van der Waals surface area contributed by atoms with Crippen LogP contribution in [0.3, 0.4) is 0 Å². The molecule has 230 valence electrons. The van der Waals surface area contributed by atoms with Crippen LogP contribution in [0.4, 0.5) is 0 Å². The predicted octanol–water partition coefficient (Wildman–Crippen LogP) is 7.71. The Morgan fingerprint density at radius 3 is 1.27 bits per heavy atom. The maximum atomic E-state index is 6.48. The van der Waals surface area contributed by atoms with E-state index in [1.807, 2.05) is 0 Å². The average molecular weight is 560 g/mol. The first-order valence-electron chi connectivity index (χ1n) is 16.3. The smallest absolute Gasteiger partial charge is 0.323 e. The van der Waals surface area contributed by atoms with Crippen molar-refractivity contribution in [2.24, 2.45) is 0 Å².